The van der Waals surface area contributed by atoms with Gasteiger partial charge >= 0.3 is 0 Å². The first-order valence-corrected chi connectivity index (χ1v) is 7.93. The summed E-state index contributed by atoms with van der Waals surface area (Å²) in [6.07, 6.45) is 3.40. The molecular formula is C13H16ClN3O2S. The Morgan fingerprint density at radius 3 is 2.65 bits per heavy atom. The number of hydrogen-bond donors (Lipinski definition) is 1. The van der Waals surface area contributed by atoms with Gasteiger partial charge in [-0.25, -0.2) is 13.1 Å². The van der Waals surface area contributed by atoms with E-state index in [9.17, 15) is 8.42 Å². The van der Waals surface area contributed by atoms with Gasteiger partial charge in [-0.05, 0) is 31.5 Å². The van der Waals surface area contributed by atoms with Gasteiger partial charge < -0.3 is 0 Å². The monoisotopic (exact) mass is 313 g/mol. The summed E-state index contributed by atoms with van der Waals surface area (Å²) < 4.78 is 28.9. The zero-order valence-corrected chi connectivity index (χ0v) is 13.0. The molecule has 1 atom stereocenters. The largest absolute Gasteiger partial charge is 0.275 e. The van der Waals surface area contributed by atoms with Crippen LogP contribution in [-0.4, -0.2) is 18.2 Å². The molecule has 0 saturated heterocycles. The van der Waals surface area contributed by atoms with Gasteiger partial charge in [0.25, 0.3) is 0 Å². The molecule has 0 bridgehead atoms. The zero-order chi connectivity index (χ0) is 14.9. The Morgan fingerprint density at radius 2 is 2.10 bits per heavy atom. The van der Waals surface area contributed by atoms with Crippen molar-refractivity contribution in [1.82, 2.24) is 14.5 Å². The molecule has 0 aliphatic rings. The topological polar surface area (TPSA) is 64.0 Å². The number of rotatable bonds is 4. The van der Waals surface area contributed by atoms with Gasteiger partial charge in [0.05, 0.1) is 11.2 Å². The molecule has 2 aromatic rings. The fraction of sp³-hybridized carbons (Fsp3) is 0.308. The minimum atomic E-state index is -3.66. The van der Waals surface area contributed by atoms with Gasteiger partial charge in [-0.15, -0.1) is 0 Å². The van der Waals surface area contributed by atoms with Crippen molar-refractivity contribution in [2.45, 2.75) is 24.8 Å². The van der Waals surface area contributed by atoms with Gasteiger partial charge in [-0.2, -0.15) is 5.10 Å². The Morgan fingerprint density at radius 1 is 1.40 bits per heavy atom. The number of benzene rings is 1. The van der Waals surface area contributed by atoms with E-state index in [2.05, 4.69) is 9.82 Å². The van der Waals surface area contributed by atoms with Crippen LogP contribution in [0.5, 0.6) is 0 Å². The van der Waals surface area contributed by atoms with Gasteiger partial charge in [-0.1, -0.05) is 17.7 Å². The van der Waals surface area contributed by atoms with E-state index >= 15 is 0 Å². The van der Waals surface area contributed by atoms with Crippen molar-refractivity contribution in [1.29, 1.82) is 0 Å². The number of aryl methyl sites for hydroxylation is 2. The molecule has 7 heteroatoms. The number of nitrogens with zero attached hydrogens (tertiary/aromatic N) is 2. The van der Waals surface area contributed by atoms with Crippen LogP contribution in [-0.2, 0) is 17.1 Å². The lowest BCUT2D eigenvalue weighted by atomic mass is 10.2. The maximum absolute atomic E-state index is 12.3. The summed E-state index contributed by atoms with van der Waals surface area (Å²) in [7, 11) is -1.89. The molecular weight excluding hydrogens is 298 g/mol. The quantitative estimate of drug-likeness (QED) is 0.943. The van der Waals surface area contributed by atoms with Crippen molar-refractivity contribution < 1.29 is 8.42 Å². The van der Waals surface area contributed by atoms with Crippen LogP contribution >= 0.6 is 11.6 Å². The second-order valence-corrected chi connectivity index (χ2v) is 6.81. The molecule has 1 heterocycles. The van der Waals surface area contributed by atoms with Crippen LogP contribution in [0.1, 0.15) is 24.1 Å². The van der Waals surface area contributed by atoms with Crippen molar-refractivity contribution in [3.05, 3.63) is 46.7 Å². The average Bonchev–Trinajstić information content (AvgIpc) is 2.74. The Kier molecular flexibility index (Phi) is 4.17. The van der Waals surface area contributed by atoms with Crippen LogP contribution in [0.25, 0.3) is 0 Å². The summed E-state index contributed by atoms with van der Waals surface area (Å²) in [4.78, 5) is 0.0838. The number of nitrogens with one attached hydrogen (secondary N) is 1. The van der Waals surface area contributed by atoms with Crippen LogP contribution in [0.15, 0.2) is 35.5 Å². The van der Waals surface area contributed by atoms with Crippen molar-refractivity contribution >= 4 is 21.6 Å². The molecule has 1 N–H and O–H groups in total. The first kappa shape index (κ1) is 15.0. The summed E-state index contributed by atoms with van der Waals surface area (Å²) in [5, 5.41) is 4.24. The SMILES string of the molecule is Cc1ccc(S(=O)(=O)NC(C)c2cnn(C)c2)c(Cl)c1. The number of aromatic nitrogens is 2. The number of hydrogen-bond acceptors (Lipinski definition) is 3. The molecule has 108 valence electrons. The second kappa shape index (κ2) is 5.55. The van der Waals surface area contributed by atoms with E-state index in [0.29, 0.717) is 0 Å². The van der Waals surface area contributed by atoms with E-state index in [-0.39, 0.29) is 16.0 Å². The fourth-order valence-electron chi connectivity index (χ4n) is 1.85. The molecule has 0 fully saturated rings. The summed E-state index contributed by atoms with van der Waals surface area (Å²) in [5.41, 5.74) is 1.70. The Hall–Kier alpha value is -1.37. The molecule has 0 spiro atoms. The maximum Gasteiger partial charge on any atom is 0.242 e. The minimum Gasteiger partial charge on any atom is -0.275 e. The zero-order valence-electron chi connectivity index (χ0n) is 11.5. The third-order valence-electron chi connectivity index (χ3n) is 2.93. The average molecular weight is 314 g/mol. The lowest BCUT2D eigenvalue weighted by Gasteiger charge is -2.13. The van der Waals surface area contributed by atoms with Crippen molar-refractivity contribution in [3.8, 4) is 0 Å². The summed E-state index contributed by atoms with van der Waals surface area (Å²) in [6.45, 7) is 3.62. The lowest BCUT2D eigenvalue weighted by molar-refractivity contribution is 0.567. The number of halogens is 1. The second-order valence-electron chi connectivity index (χ2n) is 4.72. The molecule has 1 aromatic carbocycles. The van der Waals surface area contributed by atoms with E-state index < -0.39 is 10.0 Å². The molecule has 0 saturated carbocycles. The highest BCUT2D eigenvalue weighted by Gasteiger charge is 2.21. The molecule has 1 unspecified atom stereocenters. The molecule has 0 aliphatic carbocycles. The van der Waals surface area contributed by atoms with Gasteiger partial charge in [0, 0.05) is 24.8 Å². The van der Waals surface area contributed by atoms with E-state index in [1.54, 1.807) is 43.2 Å². The van der Waals surface area contributed by atoms with Gasteiger partial charge in [0.1, 0.15) is 4.90 Å². The summed E-state index contributed by atoms with van der Waals surface area (Å²) in [6, 6.07) is 4.47. The molecule has 0 amide bonds. The third-order valence-corrected chi connectivity index (χ3v) is 4.96. The molecule has 20 heavy (non-hydrogen) atoms. The molecule has 5 nitrogen and oxygen atoms in total. The molecule has 0 aliphatic heterocycles. The Balaban J connectivity index is 2.27. The fourth-order valence-corrected chi connectivity index (χ4v) is 3.68. The van der Waals surface area contributed by atoms with Crippen molar-refractivity contribution in [3.63, 3.8) is 0 Å². The lowest BCUT2D eigenvalue weighted by Crippen LogP contribution is -2.27. The van der Waals surface area contributed by atoms with Crippen molar-refractivity contribution in [2.75, 3.05) is 0 Å². The van der Waals surface area contributed by atoms with E-state index in [1.807, 2.05) is 6.92 Å². The van der Waals surface area contributed by atoms with E-state index in [1.165, 1.54) is 6.07 Å². The van der Waals surface area contributed by atoms with Crippen LogP contribution in [0.3, 0.4) is 0 Å². The first-order chi connectivity index (χ1) is 9.29. The van der Waals surface area contributed by atoms with Gasteiger partial charge in [0.15, 0.2) is 0 Å². The number of sulfonamides is 1. The Bertz CT molecular complexity index is 725. The summed E-state index contributed by atoms with van der Waals surface area (Å²) in [5.74, 6) is 0. The van der Waals surface area contributed by atoms with Crippen LogP contribution in [0.4, 0.5) is 0 Å². The highest BCUT2D eigenvalue weighted by atomic mass is 35.5. The minimum absolute atomic E-state index is 0.0838. The van der Waals surface area contributed by atoms with Crippen LogP contribution < -0.4 is 4.72 Å². The van der Waals surface area contributed by atoms with E-state index in [0.717, 1.165) is 11.1 Å². The summed E-state index contributed by atoms with van der Waals surface area (Å²) >= 11 is 6.01. The highest BCUT2D eigenvalue weighted by Crippen LogP contribution is 2.24. The molecule has 2 rings (SSSR count). The van der Waals surface area contributed by atoms with E-state index in [4.69, 9.17) is 11.6 Å². The molecule has 1 aromatic heterocycles. The smallest absolute Gasteiger partial charge is 0.242 e. The predicted octanol–water partition coefficient (Wildman–Crippen LogP) is 2.42. The molecule has 0 radical (unpaired) electrons. The standard InChI is InChI=1S/C13H16ClN3O2S/c1-9-4-5-13(12(14)6-9)20(18,19)16-10(2)11-7-15-17(3)8-11/h4-8,10,16H,1-3H3. The van der Waals surface area contributed by atoms with Crippen LogP contribution in [0, 0.1) is 6.92 Å². The predicted molar refractivity (Wildman–Crippen MR) is 78.1 cm³/mol. The first-order valence-electron chi connectivity index (χ1n) is 6.06. The van der Waals surface area contributed by atoms with Crippen molar-refractivity contribution in [2.24, 2.45) is 7.05 Å². The Labute approximate surface area is 123 Å². The highest BCUT2D eigenvalue weighted by molar-refractivity contribution is 7.89. The van der Waals surface area contributed by atoms with Gasteiger partial charge in [0.2, 0.25) is 10.0 Å². The maximum atomic E-state index is 12.3. The van der Waals surface area contributed by atoms with Gasteiger partial charge in [-0.3, -0.25) is 4.68 Å². The van der Waals surface area contributed by atoms with Crippen LogP contribution in [0.2, 0.25) is 5.02 Å². The third kappa shape index (κ3) is 3.20. The normalized spacial score (nSPS) is 13.4.